The molecule has 0 spiro atoms. The number of esters is 1. The molecule has 20 heavy (non-hydrogen) atoms. The number of nitrogen functional groups attached to an aromatic ring is 1. The van der Waals surface area contributed by atoms with E-state index in [1.165, 1.54) is 18.2 Å². The molecule has 0 saturated heterocycles. The van der Waals surface area contributed by atoms with Crippen LogP contribution in [0.15, 0.2) is 42.5 Å². The molecular formula is C16H16N2O2. The Labute approximate surface area is 117 Å². The van der Waals surface area contributed by atoms with Crippen LogP contribution in [0.4, 0.5) is 11.4 Å². The molecule has 0 bridgehead atoms. The zero-order valence-corrected chi connectivity index (χ0v) is 11.3. The van der Waals surface area contributed by atoms with Crippen molar-refractivity contribution in [1.82, 2.24) is 0 Å². The van der Waals surface area contributed by atoms with Gasteiger partial charge in [0.2, 0.25) is 0 Å². The summed E-state index contributed by atoms with van der Waals surface area (Å²) in [5, 5.41) is 0. The van der Waals surface area contributed by atoms with E-state index in [0.29, 0.717) is 5.56 Å². The largest absolute Gasteiger partial charge is 0.465 e. The molecule has 1 aliphatic heterocycles. The van der Waals surface area contributed by atoms with Gasteiger partial charge in [0.05, 0.1) is 12.7 Å². The minimum atomic E-state index is -0.314. The van der Waals surface area contributed by atoms with Gasteiger partial charge in [-0.3, -0.25) is 0 Å². The van der Waals surface area contributed by atoms with E-state index in [1.807, 2.05) is 24.3 Å². The molecule has 1 aliphatic rings. The zero-order valence-electron chi connectivity index (χ0n) is 11.3. The Morgan fingerprint density at radius 2 is 1.90 bits per heavy atom. The first-order valence-electron chi connectivity index (χ1n) is 6.48. The number of carbonyl (C=O) groups excluding carboxylic acids is 1. The maximum atomic E-state index is 11.4. The third-order valence-electron chi connectivity index (χ3n) is 3.67. The van der Waals surface area contributed by atoms with Crippen molar-refractivity contribution < 1.29 is 9.53 Å². The van der Waals surface area contributed by atoms with Crippen LogP contribution in [0.2, 0.25) is 0 Å². The van der Waals surface area contributed by atoms with Gasteiger partial charge >= 0.3 is 5.97 Å². The van der Waals surface area contributed by atoms with Gasteiger partial charge in [0.25, 0.3) is 0 Å². The summed E-state index contributed by atoms with van der Waals surface area (Å²) in [5.41, 5.74) is 11.0. The number of hydrogen-bond donors (Lipinski definition) is 1. The van der Waals surface area contributed by atoms with E-state index in [4.69, 9.17) is 10.5 Å². The Bertz CT molecular complexity index is 650. The summed E-state index contributed by atoms with van der Waals surface area (Å²) in [4.78, 5) is 13.7. The average Bonchev–Trinajstić information content (AvgIpc) is 2.92. The molecular weight excluding hydrogens is 252 g/mol. The van der Waals surface area contributed by atoms with Gasteiger partial charge in [-0.15, -0.1) is 0 Å². The van der Waals surface area contributed by atoms with Crippen molar-refractivity contribution in [3.63, 3.8) is 0 Å². The lowest BCUT2D eigenvalue weighted by Gasteiger charge is -2.17. The van der Waals surface area contributed by atoms with Crippen molar-refractivity contribution in [3.05, 3.63) is 59.2 Å². The smallest absolute Gasteiger partial charge is 0.337 e. The summed E-state index contributed by atoms with van der Waals surface area (Å²) in [6, 6.07) is 13.5. The maximum absolute atomic E-state index is 11.4. The van der Waals surface area contributed by atoms with Crippen LogP contribution in [0.1, 0.15) is 21.5 Å². The molecule has 0 aliphatic carbocycles. The van der Waals surface area contributed by atoms with Crippen molar-refractivity contribution in [1.29, 1.82) is 0 Å². The molecule has 4 nitrogen and oxygen atoms in total. The van der Waals surface area contributed by atoms with Gasteiger partial charge in [-0.1, -0.05) is 12.1 Å². The number of ether oxygens (including phenoxy) is 1. The van der Waals surface area contributed by atoms with E-state index in [0.717, 1.165) is 24.5 Å². The molecule has 1 heterocycles. The number of hydrogen-bond acceptors (Lipinski definition) is 4. The average molecular weight is 268 g/mol. The second-order valence-electron chi connectivity index (χ2n) is 4.88. The van der Waals surface area contributed by atoms with Gasteiger partial charge in [-0.25, -0.2) is 4.79 Å². The Kier molecular flexibility index (Phi) is 3.06. The number of nitrogens with two attached hydrogens (primary N) is 1. The van der Waals surface area contributed by atoms with E-state index in [-0.39, 0.29) is 5.97 Å². The van der Waals surface area contributed by atoms with Crippen molar-refractivity contribution >= 4 is 17.3 Å². The topological polar surface area (TPSA) is 55.6 Å². The zero-order chi connectivity index (χ0) is 14.1. The normalized spacial score (nSPS) is 13.2. The molecule has 0 saturated carbocycles. The molecule has 0 radical (unpaired) electrons. The number of anilines is 2. The van der Waals surface area contributed by atoms with E-state index in [9.17, 15) is 4.79 Å². The molecule has 4 heteroatoms. The molecule has 0 fully saturated rings. The van der Waals surface area contributed by atoms with E-state index in [2.05, 4.69) is 11.0 Å². The highest BCUT2D eigenvalue weighted by Gasteiger charge is 2.21. The summed E-state index contributed by atoms with van der Waals surface area (Å²) in [7, 11) is 1.39. The van der Waals surface area contributed by atoms with Gasteiger partial charge < -0.3 is 15.4 Å². The highest BCUT2D eigenvalue weighted by Crippen LogP contribution is 2.31. The molecule has 3 rings (SSSR count). The van der Waals surface area contributed by atoms with Crippen molar-refractivity contribution in [2.24, 2.45) is 0 Å². The fourth-order valence-electron chi connectivity index (χ4n) is 2.56. The SMILES string of the molecule is COC(=O)c1ccc(N2Cc3cccc(N)c3C2)cc1. The lowest BCUT2D eigenvalue weighted by atomic mass is 10.1. The minimum Gasteiger partial charge on any atom is -0.465 e. The van der Waals surface area contributed by atoms with Crippen LogP contribution in [0.25, 0.3) is 0 Å². The number of fused-ring (bicyclic) bond motifs is 1. The Morgan fingerprint density at radius 1 is 1.15 bits per heavy atom. The van der Waals surface area contributed by atoms with Crippen molar-refractivity contribution in [2.45, 2.75) is 13.1 Å². The van der Waals surface area contributed by atoms with Gasteiger partial charge in [-0.2, -0.15) is 0 Å². The first-order chi connectivity index (χ1) is 9.69. The minimum absolute atomic E-state index is 0.314. The third-order valence-corrected chi connectivity index (χ3v) is 3.67. The fourth-order valence-corrected chi connectivity index (χ4v) is 2.56. The van der Waals surface area contributed by atoms with Crippen LogP contribution in [0, 0.1) is 0 Å². The molecule has 0 atom stereocenters. The summed E-state index contributed by atoms with van der Waals surface area (Å²) >= 11 is 0. The quantitative estimate of drug-likeness (QED) is 0.672. The van der Waals surface area contributed by atoms with Gasteiger partial charge in [-0.05, 0) is 41.5 Å². The van der Waals surface area contributed by atoms with Gasteiger partial charge in [0.15, 0.2) is 0 Å². The Hall–Kier alpha value is -2.49. The standard InChI is InChI=1S/C16H16N2O2/c1-20-16(19)11-5-7-13(8-6-11)18-9-12-3-2-4-15(17)14(12)10-18/h2-8H,9-10,17H2,1H3. The molecule has 0 amide bonds. The second kappa shape index (κ2) is 4.89. The molecule has 2 aromatic carbocycles. The molecule has 2 N–H and O–H groups in total. The van der Waals surface area contributed by atoms with Crippen molar-refractivity contribution in [3.8, 4) is 0 Å². The van der Waals surface area contributed by atoms with Gasteiger partial charge in [0.1, 0.15) is 0 Å². The number of carbonyl (C=O) groups is 1. The van der Waals surface area contributed by atoms with E-state index in [1.54, 1.807) is 12.1 Å². The molecule has 102 valence electrons. The predicted octanol–water partition coefficient (Wildman–Crippen LogP) is 2.58. The van der Waals surface area contributed by atoms with E-state index < -0.39 is 0 Å². The fraction of sp³-hybridized carbons (Fsp3) is 0.188. The summed E-state index contributed by atoms with van der Waals surface area (Å²) in [6.07, 6.45) is 0. The first-order valence-corrected chi connectivity index (χ1v) is 6.48. The Morgan fingerprint density at radius 3 is 2.55 bits per heavy atom. The molecule has 0 aromatic heterocycles. The summed E-state index contributed by atoms with van der Waals surface area (Å²) in [5.74, 6) is -0.314. The van der Waals surface area contributed by atoms with Crippen LogP contribution < -0.4 is 10.6 Å². The predicted molar refractivity (Wildman–Crippen MR) is 78.5 cm³/mol. The second-order valence-corrected chi connectivity index (χ2v) is 4.88. The maximum Gasteiger partial charge on any atom is 0.337 e. The third kappa shape index (κ3) is 2.09. The monoisotopic (exact) mass is 268 g/mol. The molecule has 0 unspecified atom stereocenters. The van der Waals surface area contributed by atoms with Crippen LogP contribution in [0.5, 0.6) is 0 Å². The first kappa shape index (κ1) is 12.5. The molecule has 2 aromatic rings. The summed E-state index contributed by atoms with van der Waals surface area (Å²) < 4.78 is 4.70. The summed E-state index contributed by atoms with van der Waals surface area (Å²) in [6.45, 7) is 1.65. The van der Waals surface area contributed by atoms with Crippen molar-refractivity contribution in [2.75, 3.05) is 17.7 Å². The van der Waals surface area contributed by atoms with Crippen LogP contribution in [-0.4, -0.2) is 13.1 Å². The number of rotatable bonds is 2. The number of methoxy groups -OCH3 is 1. The number of nitrogens with zero attached hydrogens (tertiary/aromatic N) is 1. The Balaban J connectivity index is 1.83. The highest BCUT2D eigenvalue weighted by molar-refractivity contribution is 5.89. The van der Waals surface area contributed by atoms with Crippen LogP contribution in [0.3, 0.4) is 0 Å². The van der Waals surface area contributed by atoms with Crippen LogP contribution in [-0.2, 0) is 17.8 Å². The van der Waals surface area contributed by atoms with Gasteiger partial charge in [0, 0.05) is 24.5 Å². The number of benzene rings is 2. The highest BCUT2D eigenvalue weighted by atomic mass is 16.5. The lowest BCUT2D eigenvalue weighted by Crippen LogP contribution is -2.14. The van der Waals surface area contributed by atoms with E-state index >= 15 is 0 Å². The lowest BCUT2D eigenvalue weighted by molar-refractivity contribution is 0.0601. The van der Waals surface area contributed by atoms with Crippen LogP contribution >= 0.6 is 0 Å².